The third kappa shape index (κ3) is 2.14. The fraction of sp³-hybridized carbons (Fsp3) is 0.438. The zero-order valence-corrected chi connectivity index (χ0v) is 11.6. The van der Waals surface area contributed by atoms with Crippen LogP contribution in [0.5, 0.6) is 0 Å². The molecule has 1 aromatic heterocycles. The van der Waals surface area contributed by atoms with Crippen LogP contribution in [0.4, 0.5) is 5.69 Å². The number of hydrogen-bond acceptors (Lipinski definition) is 2. The van der Waals surface area contributed by atoms with E-state index in [0.29, 0.717) is 0 Å². The molecule has 0 bridgehead atoms. The Bertz CT molecular complexity index is 614. The van der Waals surface area contributed by atoms with Crippen molar-refractivity contribution in [3.05, 3.63) is 30.0 Å². The number of nitrogens with zero attached hydrogens (tertiary/aromatic N) is 2. The van der Waals surface area contributed by atoms with Gasteiger partial charge in [-0.2, -0.15) is 0 Å². The number of piperidine rings is 1. The number of aldehydes is 1. The van der Waals surface area contributed by atoms with Crippen molar-refractivity contribution in [2.75, 3.05) is 18.0 Å². The van der Waals surface area contributed by atoms with E-state index in [0.717, 1.165) is 41.8 Å². The smallest absolute Gasteiger partial charge is 0.152 e. The number of hydrogen-bond donors (Lipinski definition) is 0. The fourth-order valence-corrected chi connectivity index (χ4v) is 3.13. The van der Waals surface area contributed by atoms with Crippen molar-refractivity contribution in [3.63, 3.8) is 0 Å². The SMILES string of the molecule is CC1CCCN(c2ccc3c(c2)c(C=O)cn3C)C1. The summed E-state index contributed by atoms with van der Waals surface area (Å²) in [7, 11) is 1.98. The summed E-state index contributed by atoms with van der Waals surface area (Å²) in [5, 5.41) is 1.06. The van der Waals surface area contributed by atoms with Crippen molar-refractivity contribution in [2.24, 2.45) is 13.0 Å². The lowest BCUT2D eigenvalue weighted by atomic mass is 9.99. The maximum absolute atomic E-state index is 11.1. The van der Waals surface area contributed by atoms with Crippen LogP contribution < -0.4 is 4.90 Å². The van der Waals surface area contributed by atoms with Crippen LogP contribution in [0.25, 0.3) is 10.9 Å². The first kappa shape index (κ1) is 12.3. The van der Waals surface area contributed by atoms with Gasteiger partial charge < -0.3 is 9.47 Å². The van der Waals surface area contributed by atoms with E-state index in [4.69, 9.17) is 0 Å². The minimum Gasteiger partial charge on any atom is -0.371 e. The molecule has 1 fully saturated rings. The van der Waals surface area contributed by atoms with Crippen LogP contribution >= 0.6 is 0 Å². The van der Waals surface area contributed by atoms with Gasteiger partial charge in [-0.1, -0.05) is 6.92 Å². The Hall–Kier alpha value is -1.77. The van der Waals surface area contributed by atoms with E-state index >= 15 is 0 Å². The molecule has 0 N–H and O–H groups in total. The lowest BCUT2D eigenvalue weighted by Gasteiger charge is -2.32. The summed E-state index contributed by atoms with van der Waals surface area (Å²) < 4.78 is 2.02. The molecule has 0 spiro atoms. The number of rotatable bonds is 2. The molecule has 3 heteroatoms. The van der Waals surface area contributed by atoms with Crippen molar-refractivity contribution in [1.82, 2.24) is 4.57 Å². The second-order valence-corrected chi connectivity index (χ2v) is 5.71. The zero-order chi connectivity index (χ0) is 13.4. The Morgan fingerprint density at radius 1 is 1.37 bits per heavy atom. The topological polar surface area (TPSA) is 25.2 Å². The minimum atomic E-state index is 0.755. The average Bonchev–Trinajstić information content (AvgIpc) is 2.75. The highest BCUT2D eigenvalue weighted by Crippen LogP contribution is 2.28. The van der Waals surface area contributed by atoms with E-state index in [9.17, 15) is 4.79 Å². The van der Waals surface area contributed by atoms with Gasteiger partial charge in [0, 0.05) is 48.5 Å². The molecule has 0 saturated carbocycles. The molecule has 1 unspecified atom stereocenters. The maximum Gasteiger partial charge on any atom is 0.152 e. The Kier molecular flexibility index (Phi) is 3.05. The summed E-state index contributed by atoms with van der Waals surface area (Å²) in [5.74, 6) is 0.755. The quantitative estimate of drug-likeness (QED) is 0.771. The van der Waals surface area contributed by atoms with Crippen LogP contribution in [0, 0.1) is 5.92 Å². The van der Waals surface area contributed by atoms with Gasteiger partial charge in [0.05, 0.1) is 0 Å². The van der Waals surface area contributed by atoms with Crippen LogP contribution in [-0.4, -0.2) is 23.9 Å². The first-order chi connectivity index (χ1) is 9.19. The third-order valence-electron chi connectivity index (χ3n) is 4.15. The van der Waals surface area contributed by atoms with E-state index < -0.39 is 0 Å². The molecular formula is C16H20N2O. The van der Waals surface area contributed by atoms with Gasteiger partial charge in [0.2, 0.25) is 0 Å². The lowest BCUT2D eigenvalue weighted by Crippen LogP contribution is -2.34. The van der Waals surface area contributed by atoms with Gasteiger partial charge in [-0.05, 0) is 37.0 Å². The molecule has 3 nitrogen and oxygen atoms in total. The van der Waals surface area contributed by atoms with E-state index in [1.54, 1.807) is 0 Å². The van der Waals surface area contributed by atoms with Crippen molar-refractivity contribution in [2.45, 2.75) is 19.8 Å². The van der Waals surface area contributed by atoms with Crippen LogP contribution in [0.15, 0.2) is 24.4 Å². The number of aryl methyl sites for hydroxylation is 1. The molecule has 100 valence electrons. The maximum atomic E-state index is 11.1. The first-order valence-corrected chi connectivity index (χ1v) is 6.98. The van der Waals surface area contributed by atoms with E-state index in [2.05, 4.69) is 30.0 Å². The van der Waals surface area contributed by atoms with Crippen molar-refractivity contribution in [1.29, 1.82) is 0 Å². The Morgan fingerprint density at radius 3 is 2.95 bits per heavy atom. The van der Waals surface area contributed by atoms with Gasteiger partial charge in [-0.3, -0.25) is 4.79 Å². The van der Waals surface area contributed by atoms with E-state index in [-0.39, 0.29) is 0 Å². The molecule has 2 aromatic rings. The normalized spacial score (nSPS) is 19.9. The van der Waals surface area contributed by atoms with Crippen LogP contribution in [0.3, 0.4) is 0 Å². The van der Waals surface area contributed by atoms with Gasteiger partial charge in [-0.25, -0.2) is 0 Å². The van der Waals surface area contributed by atoms with Gasteiger partial charge in [0.15, 0.2) is 6.29 Å². The van der Waals surface area contributed by atoms with Gasteiger partial charge in [0.25, 0.3) is 0 Å². The molecule has 2 heterocycles. The predicted molar refractivity (Wildman–Crippen MR) is 78.9 cm³/mol. The van der Waals surface area contributed by atoms with Gasteiger partial charge in [-0.15, -0.1) is 0 Å². The van der Waals surface area contributed by atoms with E-state index in [1.807, 2.05) is 17.8 Å². The average molecular weight is 256 g/mol. The molecule has 1 aromatic carbocycles. The molecule has 0 amide bonds. The highest BCUT2D eigenvalue weighted by Gasteiger charge is 2.17. The summed E-state index contributed by atoms with van der Waals surface area (Å²) in [6, 6.07) is 6.46. The molecule has 0 aliphatic carbocycles. The third-order valence-corrected chi connectivity index (χ3v) is 4.15. The summed E-state index contributed by atoms with van der Waals surface area (Å²) >= 11 is 0. The zero-order valence-electron chi connectivity index (χ0n) is 11.6. The van der Waals surface area contributed by atoms with Crippen LogP contribution in [-0.2, 0) is 7.05 Å². The Labute approximate surface area is 113 Å². The number of fused-ring (bicyclic) bond motifs is 1. The van der Waals surface area contributed by atoms with E-state index in [1.165, 1.54) is 18.5 Å². The molecule has 1 aliphatic rings. The highest BCUT2D eigenvalue weighted by atomic mass is 16.1. The van der Waals surface area contributed by atoms with Crippen molar-refractivity contribution in [3.8, 4) is 0 Å². The second kappa shape index (κ2) is 4.72. The van der Waals surface area contributed by atoms with Crippen LogP contribution in [0.1, 0.15) is 30.1 Å². The fourth-order valence-electron chi connectivity index (χ4n) is 3.13. The highest BCUT2D eigenvalue weighted by molar-refractivity contribution is 5.99. The minimum absolute atomic E-state index is 0.755. The largest absolute Gasteiger partial charge is 0.371 e. The Morgan fingerprint density at radius 2 is 2.21 bits per heavy atom. The van der Waals surface area contributed by atoms with Gasteiger partial charge in [0.1, 0.15) is 0 Å². The Balaban J connectivity index is 2.03. The number of carbonyl (C=O) groups is 1. The molecular weight excluding hydrogens is 236 g/mol. The number of anilines is 1. The molecule has 1 atom stereocenters. The second-order valence-electron chi connectivity index (χ2n) is 5.71. The first-order valence-electron chi connectivity index (χ1n) is 6.98. The monoisotopic (exact) mass is 256 g/mol. The predicted octanol–water partition coefficient (Wildman–Crippen LogP) is 3.23. The molecule has 1 aliphatic heterocycles. The van der Waals surface area contributed by atoms with Gasteiger partial charge >= 0.3 is 0 Å². The van der Waals surface area contributed by atoms with Crippen molar-refractivity contribution >= 4 is 22.9 Å². The van der Waals surface area contributed by atoms with Crippen LogP contribution in [0.2, 0.25) is 0 Å². The molecule has 1 saturated heterocycles. The summed E-state index contributed by atoms with van der Waals surface area (Å²) in [4.78, 5) is 13.6. The summed E-state index contributed by atoms with van der Waals surface area (Å²) in [5.41, 5.74) is 3.15. The number of aromatic nitrogens is 1. The molecule has 0 radical (unpaired) electrons. The number of carbonyl (C=O) groups excluding carboxylic acids is 1. The summed E-state index contributed by atoms with van der Waals surface area (Å²) in [6.07, 6.45) is 5.43. The molecule has 3 rings (SSSR count). The molecule has 19 heavy (non-hydrogen) atoms. The number of benzene rings is 1. The van der Waals surface area contributed by atoms with Crippen molar-refractivity contribution < 1.29 is 4.79 Å². The standard InChI is InChI=1S/C16H20N2O/c1-12-4-3-7-18(9-12)14-5-6-16-15(8-14)13(11-19)10-17(16)2/h5-6,8,10-12H,3-4,7,9H2,1-2H3. The lowest BCUT2D eigenvalue weighted by molar-refractivity contribution is 0.112. The summed E-state index contributed by atoms with van der Waals surface area (Å²) in [6.45, 7) is 4.55.